The van der Waals surface area contributed by atoms with Crippen LogP contribution in [0.1, 0.15) is 45.0 Å². The number of hydrogen-bond donors (Lipinski definition) is 0. The Hall–Kier alpha value is -2.64. The van der Waals surface area contributed by atoms with Gasteiger partial charge in [0.15, 0.2) is 6.29 Å². The van der Waals surface area contributed by atoms with E-state index in [-0.39, 0.29) is 17.9 Å². The first-order valence-corrected chi connectivity index (χ1v) is 10.5. The predicted octanol–water partition coefficient (Wildman–Crippen LogP) is 4.14. The van der Waals surface area contributed by atoms with Gasteiger partial charge in [-0.05, 0) is 38.8 Å². The molecule has 170 valence electrons. The molecule has 0 spiro atoms. The summed E-state index contributed by atoms with van der Waals surface area (Å²) < 4.78 is 27.5. The summed E-state index contributed by atoms with van der Waals surface area (Å²) in [5.74, 6) is 0.273. The summed E-state index contributed by atoms with van der Waals surface area (Å²) in [6, 6.07) is 7.56. The fourth-order valence-corrected chi connectivity index (χ4v) is 2.82. The van der Waals surface area contributed by atoms with Gasteiger partial charge in [0, 0.05) is 29.0 Å². The molecule has 0 N–H and O–H groups in total. The molecule has 0 bridgehead atoms. The molecular formula is C24H32O7. The van der Waals surface area contributed by atoms with E-state index in [1.165, 1.54) is 0 Å². The van der Waals surface area contributed by atoms with Crippen LogP contribution >= 0.6 is 0 Å². The van der Waals surface area contributed by atoms with Crippen molar-refractivity contribution in [1.29, 1.82) is 0 Å². The summed E-state index contributed by atoms with van der Waals surface area (Å²) in [6.07, 6.45) is 1.83. The van der Waals surface area contributed by atoms with Crippen LogP contribution in [0.2, 0.25) is 0 Å². The van der Waals surface area contributed by atoms with Crippen molar-refractivity contribution in [1.82, 2.24) is 0 Å². The number of hydrogen-bond acceptors (Lipinski definition) is 7. The number of carbonyl (C=O) groups is 2. The Balaban J connectivity index is 1.62. The summed E-state index contributed by atoms with van der Waals surface area (Å²) in [4.78, 5) is 22.6. The maximum absolute atomic E-state index is 11.4. The van der Waals surface area contributed by atoms with Crippen LogP contribution in [0.25, 0.3) is 0 Å². The first-order valence-electron chi connectivity index (χ1n) is 10.5. The monoisotopic (exact) mass is 432 g/mol. The summed E-state index contributed by atoms with van der Waals surface area (Å²) in [6.45, 7) is 12.7. The molecule has 2 rings (SSSR count). The maximum Gasteiger partial charge on any atom is 0.333 e. The molecule has 1 heterocycles. The van der Waals surface area contributed by atoms with Crippen LogP contribution in [0.4, 0.5) is 0 Å². The molecule has 1 aromatic rings. The fourth-order valence-electron chi connectivity index (χ4n) is 2.82. The zero-order chi connectivity index (χ0) is 22.6. The highest BCUT2D eigenvalue weighted by molar-refractivity contribution is 5.87. The second-order valence-electron chi connectivity index (χ2n) is 7.61. The van der Waals surface area contributed by atoms with Crippen molar-refractivity contribution in [3.63, 3.8) is 0 Å². The van der Waals surface area contributed by atoms with Crippen molar-refractivity contribution in [2.24, 2.45) is 5.92 Å². The van der Waals surface area contributed by atoms with Gasteiger partial charge in [0.25, 0.3) is 0 Å². The van der Waals surface area contributed by atoms with Crippen LogP contribution in [0.15, 0.2) is 48.6 Å². The third-order valence-electron chi connectivity index (χ3n) is 4.60. The molecule has 31 heavy (non-hydrogen) atoms. The Kier molecular flexibility index (Phi) is 10.3. The highest BCUT2D eigenvalue weighted by Gasteiger charge is 2.23. The third kappa shape index (κ3) is 8.94. The Morgan fingerprint density at radius 1 is 0.903 bits per heavy atom. The fraction of sp³-hybridized carbons (Fsp3) is 0.500. The lowest BCUT2D eigenvalue weighted by Gasteiger charge is -2.29. The Morgan fingerprint density at radius 2 is 1.45 bits per heavy atom. The zero-order valence-electron chi connectivity index (χ0n) is 18.4. The molecule has 1 aliphatic heterocycles. The van der Waals surface area contributed by atoms with Gasteiger partial charge in [0.05, 0.1) is 33.0 Å². The molecule has 0 aromatic heterocycles. The van der Waals surface area contributed by atoms with E-state index < -0.39 is 6.29 Å². The van der Waals surface area contributed by atoms with Gasteiger partial charge in [-0.2, -0.15) is 0 Å². The van der Waals surface area contributed by atoms with E-state index in [9.17, 15) is 9.59 Å². The zero-order valence-corrected chi connectivity index (χ0v) is 18.4. The van der Waals surface area contributed by atoms with Crippen molar-refractivity contribution in [3.05, 3.63) is 54.1 Å². The lowest BCUT2D eigenvalue weighted by molar-refractivity contribution is -0.206. The molecule has 0 saturated carbocycles. The van der Waals surface area contributed by atoms with Gasteiger partial charge in [-0.1, -0.05) is 25.3 Å². The largest absolute Gasteiger partial charge is 0.493 e. The second kappa shape index (κ2) is 12.9. The van der Waals surface area contributed by atoms with Crippen LogP contribution < -0.4 is 4.74 Å². The van der Waals surface area contributed by atoms with Crippen LogP contribution in [0, 0.1) is 5.92 Å². The minimum atomic E-state index is -0.395. The lowest BCUT2D eigenvalue weighted by Crippen LogP contribution is -2.27. The summed E-state index contributed by atoms with van der Waals surface area (Å²) >= 11 is 0. The van der Waals surface area contributed by atoms with E-state index >= 15 is 0 Å². The molecule has 0 unspecified atom stereocenters. The van der Waals surface area contributed by atoms with Crippen molar-refractivity contribution in [2.45, 2.75) is 39.4 Å². The predicted molar refractivity (Wildman–Crippen MR) is 115 cm³/mol. The Labute approximate surface area is 184 Å². The molecular weight excluding hydrogens is 400 g/mol. The van der Waals surface area contributed by atoms with Crippen molar-refractivity contribution in [2.75, 3.05) is 33.0 Å². The van der Waals surface area contributed by atoms with E-state index in [1.807, 2.05) is 24.3 Å². The second-order valence-corrected chi connectivity index (χ2v) is 7.61. The topological polar surface area (TPSA) is 80.3 Å². The van der Waals surface area contributed by atoms with Crippen LogP contribution in [0.5, 0.6) is 5.75 Å². The Morgan fingerprint density at radius 3 is 2.00 bits per heavy atom. The molecule has 0 aliphatic carbocycles. The number of esters is 2. The van der Waals surface area contributed by atoms with Crippen LogP contribution in [0.3, 0.4) is 0 Å². The average molecular weight is 433 g/mol. The molecule has 1 aliphatic rings. The quantitative estimate of drug-likeness (QED) is 0.279. The average Bonchev–Trinajstić information content (AvgIpc) is 2.77. The molecule has 7 heteroatoms. The van der Waals surface area contributed by atoms with Crippen LogP contribution in [-0.2, 0) is 28.5 Å². The van der Waals surface area contributed by atoms with Crippen molar-refractivity contribution in [3.8, 4) is 5.75 Å². The van der Waals surface area contributed by atoms with E-state index in [0.717, 1.165) is 24.2 Å². The highest BCUT2D eigenvalue weighted by Crippen LogP contribution is 2.28. The molecule has 0 atom stereocenters. The molecule has 0 amide bonds. The standard InChI is InChI=1S/C24H32O7/c1-17(2)22(25)28-12-5-7-19-15-30-24(31-16-19)20-8-10-21(11-9-20)27-13-6-14-29-23(26)18(3)4/h8-11,19,24H,1,3,5-7,12-16H2,2,4H3. The lowest BCUT2D eigenvalue weighted by atomic mass is 10.0. The van der Waals surface area contributed by atoms with E-state index in [4.69, 9.17) is 23.7 Å². The number of ether oxygens (including phenoxy) is 5. The van der Waals surface area contributed by atoms with Crippen molar-refractivity contribution >= 4 is 11.9 Å². The van der Waals surface area contributed by atoms with E-state index in [1.54, 1.807) is 13.8 Å². The van der Waals surface area contributed by atoms with Gasteiger partial charge in [-0.15, -0.1) is 0 Å². The third-order valence-corrected chi connectivity index (χ3v) is 4.60. The van der Waals surface area contributed by atoms with E-state index in [2.05, 4.69) is 13.2 Å². The summed E-state index contributed by atoms with van der Waals surface area (Å²) in [7, 11) is 0. The van der Waals surface area contributed by atoms with Gasteiger partial charge in [-0.3, -0.25) is 0 Å². The molecule has 7 nitrogen and oxygen atoms in total. The SMILES string of the molecule is C=C(C)C(=O)OCCCOc1ccc(C2OCC(CCCOC(=O)C(=C)C)CO2)cc1. The first-order chi connectivity index (χ1) is 14.9. The normalized spacial score (nSPS) is 18.1. The summed E-state index contributed by atoms with van der Waals surface area (Å²) in [5, 5.41) is 0. The number of benzene rings is 1. The first kappa shape index (κ1) is 24.6. The smallest absolute Gasteiger partial charge is 0.333 e. The highest BCUT2D eigenvalue weighted by atomic mass is 16.7. The van der Waals surface area contributed by atoms with Gasteiger partial charge in [0.2, 0.25) is 0 Å². The minimum absolute atomic E-state index is 0.279. The van der Waals surface area contributed by atoms with Gasteiger partial charge < -0.3 is 23.7 Å². The van der Waals surface area contributed by atoms with Crippen molar-refractivity contribution < 1.29 is 33.3 Å². The molecule has 1 saturated heterocycles. The number of carbonyl (C=O) groups excluding carboxylic acids is 2. The van der Waals surface area contributed by atoms with E-state index in [0.29, 0.717) is 50.6 Å². The minimum Gasteiger partial charge on any atom is -0.493 e. The van der Waals surface area contributed by atoms with Gasteiger partial charge >= 0.3 is 11.9 Å². The van der Waals surface area contributed by atoms with Gasteiger partial charge in [-0.25, -0.2) is 9.59 Å². The Bertz CT molecular complexity index is 746. The van der Waals surface area contributed by atoms with Crippen LogP contribution in [-0.4, -0.2) is 45.0 Å². The maximum atomic E-state index is 11.4. The molecule has 1 aromatic carbocycles. The number of rotatable bonds is 12. The van der Waals surface area contributed by atoms with Gasteiger partial charge in [0.1, 0.15) is 5.75 Å². The molecule has 1 fully saturated rings. The summed E-state index contributed by atoms with van der Waals surface area (Å²) in [5.41, 5.74) is 1.73. The molecule has 0 radical (unpaired) electrons.